The van der Waals surface area contributed by atoms with E-state index in [1.54, 1.807) is 0 Å². The van der Waals surface area contributed by atoms with Gasteiger partial charge in [0.2, 0.25) is 0 Å². The lowest BCUT2D eigenvalue weighted by atomic mass is 9.95. The van der Waals surface area contributed by atoms with Crippen molar-refractivity contribution < 1.29 is 4.74 Å². The van der Waals surface area contributed by atoms with Crippen LogP contribution in [-0.2, 0) is 13.0 Å². The normalized spacial score (nSPS) is 12.6. The molecule has 0 amide bonds. The number of aromatic nitrogens is 1. The predicted molar refractivity (Wildman–Crippen MR) is 114 cm³/mol. The third-order valence-electron chi connectivity index (χ3n) is 5.49. The van der Waals surface area contributed by atoms with Crippen LogP contribution in [0.2, 0.25) is 0 Å². The van der Waals surface area contributed by atoms with Gasteiger partial charge in [-0.3, -0.25) is 5.41 Å². The maximum atomic E-state index is 8.87. The van der Waals surface area contributed by atoms with E-state index >= 15 is 0 Å². The summed E-state index contributed by atoms with van der Waals surface area (Å²) in [5.74, 6) is 0.869. The molecule has 28 heavy (non-hydrogen) atoms. The van der Waals surface area contributed by atoms with Gasteiger partial charge in [0.15, 0.2) is 0 Å². The fourth-order valence-electron chi connectivity index (χ4n) is 3.75. The number of rotatable bonds is 4. The summed E-state index contributed by atoms with van der Waals surface area (Å²) in [5, 5.41) is 10.2. The van der Waals surface area contributed by atoms with Crippen molar-refractivity contribution in [2.75, 3.05) is 6.61 Å². The number of allylic oxidation sites excluding steroid dienone is 1. The molecule has 1 aliphatic heterocycles. The molecule has 0 atom stereocenters. The molecule has 4 nitrogen and oxygen atoms in total. The Morgan fingerprint density at radius 1 is 1.18 bits per heavy atom. The number of benzene rings is 2. The van der Waals surface area contributed by atoms with E-state index in [2.05, 4.69) is 55.8 Å². The zero-order chi connectivity index (χ0) is 20.0. The maximum Gasteiger partial charge on any atom is 0.123 e. The summed E-state index contributed by atoms with van der Waals surface area (Å²) in [5.41, 5.74) is 13.7. The van der Waals surface area contributed by atoms with Gasteiger partial charge in [-0.25, -0.2) is 0 Å². The van der Waals surface area contributed by atoms with Crippen molar-refractivity contribution in [2.24, 2.45) is 5.73 Å². The molecule has 0 bridgehead atoms. The van der Waals surface area contributed by atoms with Crippen molar-refractivity contribution in [3.63, 3.8) is 0 Å². The molecule has 1 aromatic heterocycles. The molecule has 0 fully saturated rings. The van der Waals surface area contributed by atoms with Gasteiger partial charge in [0.1, 0.15) is 5.75 Å². The van der Waals surface area contributed by atoms with Crippen LogP contribution in [0.5, 0.6) is 5.75 Å². The van der Waals surface area contributed by atoms with E-state index in [4.69, 9.17) is 15.9 Å². The molecular weight excluding hydrogens is 346 g/mol. The third-order valence-corrected chi connectivity index (χ3v) is 5.49. The molecular formula is C24H25N3O. The monoisotopic (exact) mass is 371 g/mol. The van der Waals surface area contributed by atoms with Crippen molar-refractivity contribution in [3.8, 4) is 5.75 Å². The van der Waals surface area contributed by atoms with Crippen LogP contribution in [0.15, 0.2) is 55.4 Å². The van der Waals surface area contributed by atoms with Crippen molar-refractivity contribution in [1.82, 2.24) is 4.57 Å². The average Bonchev–Trinajstić information content (AvgIpc) is 3.11. The van der Waals surface area contributed by atoms with Crippen LogP contribution in [0.1, 0.15) is 27.8 Å². The van der Waals surface area contributed by atoms with E-state index in [0.717, 1.165) is 39.8 Å². The van der Waals surface area contributed by atoms with Gasteiger partial charge in [0.05, 0.1) is 24.0 Å². The molecule has 4 rings (SSSR count). The first-order valence-corrected chi connectivity index (χ1v) is 9.43. The molecule has 0 radical (unpaired) electrons. The quantitative estimate of drug-likeness (QED) is 0.722. The van der Waals surface area contributed by atoms with Crippen LogP contribution in [-0.4, -0.2) is 11.2 Å². The number of fused-ring (bicyclic) bond motifs is 2. The summed E-state index contributed by atoms with van der Waals surface area (Å²) < 4.78 is 7.80. The minimum absolute atomic E-state index is 0.454. The van der Waals surface area contributed by atoms with Crippen molar-refractivity contribution in [1.29, 1.82) is 5.41 Å². The fraction of sp³-hybridized carbons (Fsp3) is 0.208. The van der Waals surface area contributed by atoms with E-state index in [0.29, 0.717) is 24.2 Å². The number of nitrogens with zero attached hydrogens (tertiary/aromatic N) is 1. The Kier molecular flexibility index (Phi) is 4.34. The Bertz CT molecular complexity index is 1200. The Labute approximate surface area is 165 Å². The van der Waals surface area contributed by atoms with Gasteiger partial charge >= 0.3 is 0 Å². The first-order valence-electron chi connectivity index (χ1n) is 9.43. The first kappa shape index (κ1) is 18.1. The smallest absolute Gasteiger partial charge is 0.123 e. The molecule has 0 saturated carbocycles. The summed E-state index contributed by atoms with van der Waals surface area (Å²) in [7, 11) is 0. The standard InChI is InChI=1S/C24H25N3O/c1-14-5-6-18(9-15(14)2)17(4)21-13-27(12-16(3)25)22-10-19-7-8-28-23(19)11-20(22)24(21)26/h5-6,9-11,13,26H,3-4,7-8,12,25H2,1-2H3. The fourth-order valence-corrected chi connectivity index (χ4v) is 3.75. The van der Waals surface area contributed by atoms with Crippen molar-refractivity contribution >= 4 is 16.5 Å². The van der Waals surface area contributed by atoms with Gasteiger partial charge in [-0.15, -0.1) is 0 Å². The van der Waals surface area contributed by atoms with Crippen molar-refractivity contribution in [2.45, 2.75) is 26.8 Å². The highest BCUT2D eigenvalue weighted by atomic mass is 16.5. The Morgan fingerprint density at radius 3 is 2.68 bits per heavy atom. The van der Waals surface area contributed by atoms with E-state index in [1.165, 1.54) is 16.7 Å². The second-order valence-corrected chi connectivity index (χ2v) is 7.56. The first-order chi connectivity index (χ1) is 13.3. The van der Waals surface area contributed by atoms with Gasteiger partial charge in [0, 0.05) is 29.3 Å². The molecule has 0 saturated heterocycles. The Balaban J connectivity index is 1.95. The highest BCUT2D eigenvalue weighted by Crippen LogP contribution is 2.31. The average molecular weight is 371 g/mol. The lowest BCUT2D eigenvalue weighted by Gasteiger charge is -2.17. The van der Waals surface area contributed by atoms with Gasteiger partial charge in [-0.1, -0.05) is 31.4 Å². The van der Waals surface area contributed by atoms with Gasteiger partial charge in [-0.2, -0.15) is 0 Å². The molecule has 0 aliphatic carbocycles. The predicted octanol–water partition coefficient (Wildman–Crippen LogP) is 4.21. The number of nitrogens with two attached hydrogens (primary N) is 1. The SMILES string of the molecule is C=C(N)Cn1cc(C(=C)c2ccc(C)c(C)c2)c(=N)c2cc3c(cc21)CCO3. The van der Waals surface area contributed by atoms with E-state index in [9.17, 15) is 0 Å². The summed E-state index contributed by atoms with van der Waals surface area (Å²) in [6.07, 6.45) is 2.86. The van der Waals surface area contributed by atoms with Crippen LogP contribution in [0.4, 0.5) is 0 Å². The highest BCUT2D eigenvalue weighted by Gasteiger charge is 2.17. The minimum atomic E-state index is 0.454. The van der Waals surface area contributed by atoms with Crippen LogP contribution in [0, 0.1) is 19.3 Å². The van der Waals surface area contributed by atoms with Crippen LogP contribution < -0.4 is 15.8 Å². The summed E-state index contributed by atoms with van der Waals surface area (Å²) in [4.78, 5) is 0. The van der Waals surface area contributed by atoms with Gasteiger partial charge in [0.25, 0.3) is 0 Å². The van der Waals surface area contributed by atoms with Gasteiger partial charge in [-0.05, 0) is 53.8 Å². The van der Waals surface area contributed by atoms with E-state index in [1.807, 2.05) is 12.3 Å². The molecule has 4 heteroatoms. The van der Waals surface area contributed by atoms with Crippen LogP contribution >= 0.6 is 0 Å². The lowest BCUT2D eigenvalue weighted by Crippen LogP contribution is -2.17. The molecule has 2 heterocycles. The number of pyridine rings is 1. The molecule has 1 aliphatic rings. The topological polar surface area (TPSA) is 64.0 Å². The summed E-state index contributed by atoms with van der Waals surface area (Å²) >= 11 is 0. The molecule has 3 aromatic rings. The largest absolute Gasteiger partial charge is 0.493 e. The number of ether oxygens (including phenoxy) is 1. The lowest BCUT2D eigenvalue weighted by molar-refractivity contribution is 0.357. The molecule has 2 aromatic carbocycles. The number of nitrogens with one attached hydrogen (secondary N) is 1. The zero-order valence-electron chi connectivity index (χ0n) is 16.4. The maximum absolute atomic E-state index is 8.87. The van der Waals surface area contributed by atoms with E-state index < -0.39 is 0 Å². The molecule has 3 N–H and O–H groups in total. The number of hydrogen-bond acceptors (Lipinski definition) is 3. The second kappa shape index (κ2) is 6.71. The minimum Gasteiger partial charge on any atom is -0.493 e. The van der Waals surface area contributed by atoms with E-state index in [-0.39, 0.29) is 0 Å². The zero-order valence-corrected chi connectivity index (χ0v) is 16.4. The second-order valence-electron chi connectivity index (χ2n) is 7.56. The Hall–Kier alpha value is -3.27. The molecule has 0 unspecified atom stereocenters. The van der Waals surface area contributed by atoms with Gasteiger partial charge < -0.3 is 15.0 Å². The number of aryl methyl sites for hydroxylation is 2. The van der Waals surface area contributed by atoms with Crippen LogP contribution in [0.3, 0.4) is 0 Å². The van der Waals surface area contributed by atoms with Crippen molar-refractivity contribution in [3.05, 3.63) is 88.6 Å². The molecule has 0 spiro atoms. The highest BCUT2D eigenvalue weighted by molar-refractivity contribution is 5.88. The number of hydrogen-bond donors (Lipinski definition) is 2. The van der Waals surface area contributed by atoms with Crippen LogP contribution in [0.25, 0.3) is 16.5 Å². The molecule has 142 valence electrons. The summed E-state index contributed by atoms with van der Waals surface area (Å²) in [6.45, 7) is 13.5. The summed E-state index contributed by atoms with van der Waals surface area (Å²) in [6, 6.07) is 10.4. The third kappa shape index (κ3) is 3.01. The Morgan fingerprint density at radius 2 is 1.96 bits per heavy atom.